The van der Waals surface area contributed by atoms with Crippen LogP contribution in [0.2, 0.25) is 0 Å². The number of nitrogens with two attached hydrogens (primary N) is 1. The number of hydrogen-bond acceptors (Lipinski definition) is 4. The second-order valence-corrected chi connectivity index (χ2v) is 6.14. The highest BCUT2D eigenvalue weighted by Gasteiger charge is 2.44. The van der Waals surface area contributed by atoms with Crippen molar-refractivity contribution in [3.05, 3.63) is 23.8 Å². The van der Waals surface area contributed by atoms with Crippen molar-refractivity contribution in [2.24, 2.45) is 21.7 Å². The smallest absolute Gasteiger partial charge is 0.407 e. The molecule has 3 N–H and O–H groups in total. The van der Waals surface area contributed by atoms with E-state index in [0.717, 1.165) is 30.7 Å². The molecule has 3 aliphatic rings. The van der Waals surface area contributed by atoms with Gasteiger partial charge in [0.2, 0.25) is 5.70 Å². The first-order valence-electron chi connectivity index (χ1n) is 6.88. The van der Waals surface area contributed by atoms with Crippen LogP contribution in [0.1, 0.15) is 19.3 Å². The van der Waals surface area contributed by atoms with E-state index in [9.17, 15) is 9.90 Å². The van der Waals surface area contributed by atoms with Gasteiger partial charge in [-0.3, -0.25) is 4.99 Å². The summed E-state index contributed by atoms with van der Waals surface area (Å²) in [6.07, 6.45) is 7.00. The molecular weight excluding hydrogens is 338 g/mol. The number of amidine groups is 1. The molecule has 2 atom stereocenters. The number of aliphatic imine (C=N–C) groups is 2. The van der Waals surface area contributed by atoms with Gasteiger partial charge >= 0.3 is 10.8 Å². The highest BCUT2D eigenvalue weighted by Crippen LogP contribution is 2.36. The minimum Gasteiger partial charge on any atom is -0.465 e. The number of carbonyl (C=O) groups is 1. The molecule has 8 heteroatoms. The van der Waals surface area contributed by atoms with Crippen molar-refractivity contribution in [3.8, 4) is 0 Å². The Morgan fingerprint density at radius 2 is 2.33 bits per heavy atom. The Labute approximate surface area is 130 Å². The lowest BCUT2D eigenvalue weighted by atomic mass is 9.98. The monoisotopic (exact) mass is 354 g/mol. The molecule has 1 fully saturated rings. The highest BCUT2D eigenvalue weighted by molar-refractivity contribution is 9.18. The van der Waals surface area contributed by atoms with Gasteiger partial charge in [-0.25, -0.2) is 4.79 Å². The van der Waals surface area contributed by atoms with Gasteiger partial charge in [0.1, 0.15) is 11.9 Å². The van der Waals surface area contributed by atoms with Gasteiger partial charge in [0.25, 0.3) is 0 Å². The summed E-state index contributed by atoms with van der Waals surface area (Å²) >= 11 is 3.42. The molecule has 0 aromatic rings. The molecule has 7 nitrogen and oxygen atoms in total. The quantitative estimate of drug-likeness (QED) is 0.428. The Bertz CT molecular complexity index is 597. The molecule has 0 saturated carbocycles. The fourth-order valence-electron chi connectivity index (χ4n) is 2.93. The number of amides is 1. The number of quaternary nitrogens is 1. The lowest BCUT2D eigenvalue weighted by Gasteiger charge is -2.25. The minimum atomic E-state index is -0.876. The predicted octanol–water partition coefficient (Wildman–Crippen LogP) is 1.99. The normalized spacial score (nSPS) is 32.0. The third-order valence-corrected chi connectivity index (χ3v) is 4.86. The van der Waals surface area contributed by atoms with E-state index >= 15 is 0 Å². The maximum absolute atomic E-state index is 11.3. The Morgan fingerprint density at radius 1 is 1.52 bits per heavy atom. The van der Waals surface area contributed by atoms with Gasteiger partial charge < -0.3 is 10.0 Å². The Hall–Kier alpha value is -1.51. The van der Waals surface area contributed by atoms with Crippen molar-refractivity contribution in [3.63, 3.8) is 0 Å². The molecule has 21 heavy (non-hydrogen) atoms. The van der Waals surface area contributed by atoms with Gasteiger partial charge in [-0.1, -0.05) is 6.42 Å². The van der Waals surface area contributed by atoms with Gasteiger partial charge in [-0.15, -0.1) is 4.59 Å². The number of nitrogens with zero attached hydrogens (tertiary/aromatic N) is 4. The molecule has 0 radical (unpaired) electrons. The summed E-state index contributed by atoms with van der Waals surface area (Å²) in [6.45, 7) is 1.03. The number of carboxylic acid groups (broad SMARTS) is 1. The van der Waals surface area contributed by atoms with Crippen LogP contribution in [0.15, 0.2) is 33.8 Å². The third-order valence-electron chi connectivity index (χ3n) is 4.09. The molecule has 0 bridgehead atoms. The van der Waals surface area contributed by atoms with Gasteiger partial charge in [0.15, 0.2) is 0 Å². The molecule has 0 aliphatic carbocycles. The van der Waals surface area contributed by atoms with Crippen molar-refractivity contribution in [2.45, 2.75) is 19.3 Å². The summed E-state index contributed by atoms with van der Waals surface area (Å²) in [5, 5.41) is 9.26. The standard InChI is InChI=1S/C13H16BrN5O2/c14-12-17-11(10-7-16-4-6-19(10,12)15)9-3-1-2-5-18(8-9)13(20)21/h4,6-7,9H,1-3,5,8,15H2/p+1. The zero-order valence-corrected chi connectivity index (χ0v) is 13.0. The molecule has 0 spiro atoms. The van der Waals surface area contributed by atoms with E-state index in [0.29, 0.717) is 17.8 Å². The number of likely N-dealkylation sites (tertiary alicyclic amines) is 1. The van der Waals surface area contributed by atoms with Gasteiger partial charge in [0, 0.05) is 34.9 Å². The summed E-state index contributed by atoms with van der Waals surface area (Å²) in [6, 6.07) is 0. The second-order valence-electron chi connectivity index (χ2n) is 5.43. The van der Waals surface area contributed by atoms with E-state index < -0.39 is 6.09 Å². The highest BCUT2D eigenvalue weighted by atomic mass is 79.9. The van der Waals surface area contributed by atoms with Crippen molar-refractivity contribution in [1.82, 2.24) is 4.90 Å². The van der Waals surface area contributed by atoms with Crippen LogP contribution in [-0.2, 0) is 0 Å². The first kappa shape index (κ1) is 14.4. The molecule has 3 rings (SSSR count). The maximum Gasteiger partial charge on any atom is 0.407 e. The Morgan fingerprint density at radius 3 is 3.10 bits per heavy atom. The van der Waals surface area contributed by atoms with Crippen LogP contribution in [0.4, 0.5) is 4.79 Å². The van der Waals surface area contributed by atoms with Crippen LogP contribution in [0.3, 0.4) is 0 Å². The lowest BCUT2D eigenvalue weighted by Crippen LogP contribution is -2.50. The molecule has 112 valence electrons. The SMILES string of the molecule is N[N+]12C=CN=CC1=C(C1CCCCN(C(=O)O)C1)N=C2Br. The zero-order chi connectivity index (χ0) is 15.0. The molecule has 1 saturated heterocycles. The van der Waals surface area contributed by atoms with Crippen LogP contribution in [0.25, 0.3) is 0 Å². The number of allylic oxidation sites excluding steroid dienone is 1. The topological polar surface area (TPSA) is 91.3 Å². The minimum absolute atomic E-state index is 0.0254. The van der Waals surface area contributed by atoms with E-state index in [1.807, 2.05) is 0 Å². The molecule has 0 aromatic carbocycles. The first-order chi connectivity index (χ1) is 10.0. The van der Waals surface area contributed by atoms with Gasteiger partial charge in [-0.2, -0.15) is 10.8 Å². The fraction of sp³-hybridized carbons (Fsp3) is 0.462. The molecule has 0 aromatic heterocycles. The van der Waals surface area contributed by atoms with E-state index in [2.05, 4.69) is 25.9 Å². The third kappa shape index (κ3) is 2.43. The van der Waals surface area contributed by atoms with E-state index in [-0.39, 0.29) is 10.5 Å². The van der Waals surface area contributed by atoms with Crippen LogP contribution in [0.5, 0.6) is 0 Å². The number of hydrogen-bond donors (Lipinski definition) is 2. The summed E-state index contributed by atoms with van der Waals surface area (Å²) in [5.41, 5.74) is 1.65. The van der Waals surface area contributed by atoms with Gasteiger partial charge in [0.05, 0.1) is 12.4 Å². The molecule has 2 unspecified atom stereocenters. The lowest BCUT2D eigenvalue weighted by molar-refractivity contribution is -0.746. The molecular formula is C13H17BrN5O2+. The van der Waals surface area contributed by atoms with Crippen LogP contribution < -0.4 is 5.84 Å². The van der Waals surface area contributed by atoms with Crippen LogP contribution >= 0.6 is 15.9 Å². The number of rotatable bonds is 1. The zero-order valence-electron chi connectivity index (χ0n) is 11.4. The summed E-state index contributed by atoms with van der Waals surface area (Å²) in [4.78, 5) is 21.4. The fourth-order valence-corrected chi connectivity index (χ4v) is 3.43. The van der Waals surface area contributed by atoms with E-state index in [1.54, 1.807) is 18.6 Å². The van der Waals surface area contributed by atoms with Crippen LogP contribution in [-0.4, -0.2) is 44.7 Å². The van der Waals surface area contributed by atoms with Crippen molar-refractivity contribution < 1.29 is 14.5 Å². The first-order valence-corrected chi connectivity index (χ1v) is 7.67. The molecule has 3 heterocycles. The van der Waals surface area contributed by atoms with Crippen molar-refractivity contribution in [1.29, 1.82) is 0 Å². The van der Waals surface area contributed by atoms with E-state index in [4.69, 9.17) is 5.84 Å². The van der Waals surface area contributed by atoms with Gasteiger partial charge in [-0.05, 0) is 12.8 Å². The summed E-state index contributed by atoms with van der Waals surface area (Å²) < 4.78 is 0.573. The largest absolute Gasteiger partial charge is 0.465 e. The molecule has 1 amide bonds. The number of fused-ring (bicyclic) bond motifs is 1. The summed E-state index contributed by atoms with van der Waals surface area (Å²) in [7, 11) is 0. The maximum atomic E-state index is 11.3. The summed E-state index contributed by atoms with van der Waals surface area (Å²) in [5.74, 6) is 6.38. The van der Waals surface area contributed by atoms with E-state index in [1.165, 1.54) is 4.90 Å². The molecule has 3 aliphatic heterocycles. The second kappa shape index (κ2) is 5.36. The number of halogens is 1. The predicted molar refractivity (Wildman–Crippen MR) is 82.4 cm³/mol. The Balaban J connectivity index is 1.95. The van der Waals surface area contributed by atoms with Crippen molar-refractivity contribution >= 4 is 33.0 Å². The average Bonchev–Trinajstić information content (AvgIpc) is 2.64. The van der Waals surface area contributed by atoms with Crippen molar-refractivity contribution in [2.75, 3.05) is 13.1 Å². The Kier molecular flexibility index (Phi) is 3.68. The van der Waals surface area contributed by atoms with Crippen LogP contribution in [0, 0.1) is 5.92 Å². The average molecular weight is 355 g/mol.